The minimum Gasteiger partial charge on any atom is -0.349 e. The molecule has 0 spiro atoms. The molecule has 5 fully saturated rings. The second-order valence-corrected chi connectivity index (χ2v) is 10.6. The number of aryl methyl sites for hydroxylation is 1. The van der Waals surface area contributed by atoms with Crippen molar-refractivity contribution in [2.75, 3.05) is 6.54 Å². The average Bonchev–Trinajstić information content (AvgIpc) is 2.91. The van der Waals surface area contributed by atoms with Crippen LogP contribution in [0, 0.1) is 17.8 Å². The zero-order chi connectivity index (χ0) is 21.8. The second-order valence-electron chi connectivity index (χ2n) is 10.6. The Labute approximate surface area is 184 Å². The molecule has 0 aromatic heterocycles. The van der Waals surface area contributed by atoms with Gasteiger partial charge in [0.2, 0.25) is 5.91 Å². The lowest BCUT2D eigenvalue weighted by molar-refractivity contribution is -0.136. The van der Waals surface area contributed by atoms with E-state index in [1.807, 2.05) is 24.3 Å². The average molecular weight is 424 g/mol. The van der Waals surface area contributed by atoms with E-state index in [4.69, 9.17) is 0 Å². The van der Waals surface area contributed by atoms with Gasteiger partial charge in [0.05, 0.1) is 0 Å². The second kappa shape index (κ2) is 7.35. The van der Waals surface area contributed by atoms with Crippen molar-refractivity contribution in [2.24, 2.45) is 17.8 Å². The van der Waals surface area contributed by atoms with Gasteiger partial charge >= 0.3 is 6.03 Å². The molecule has 1 aliphatic heterocycles. The number of nitrogens with zero attached hydrogens (tertiary/aromatic N) is 1. The predicted octanol–water partition coefficient (Wildman–Crippen LogP) is 3.49. The highest BCUT2D eigenvalue weighted by Crippen LogP contribution is 2.55. The van der Waals surface area contributed by atoms with E-state index in [1.165, 1.54) is 24.8 Å². The number of carbonyl (C=O) groups is 3. The molecule has 2 N–H and O–H groups in total. The van der Waals surface area contributed by atoms with Crippen LogP contribution in [-0.4, -0.2) is 34.8 Å². The Hall–Kier alpha value is -2.37. The van der Waals surface area contributed by atoms with Gasteiger partial charge in [0.1, 0.15) is 12.1 Å². The van der Waals surface area contributed by atoms with E-state index >= 15 is 0 Å². The first-order valence-electron chi connectivity index (χ1n) is 11.8. The molecule has 0 radical (unpaired) electrons. The Bertz CT molecular complexity index is 874. The van der Waals surface area contributed by atoms with Crippen LogP contribution in [0.3, 0.4) is 0 Å². The molecule has 6 heteroatoms. The third kappa shape index (κ3) is 3.54. The number of nitrogens with one attached hydrogen (secondary N) is 2. The van der Waals surface area contributed by atoms with Crippen LogP contribution < -0.4 is 10.6 Å². The van der Waals surface area contributed by atoms with Gasteiger partial charge in [-0.05, 0) is 80.8 Å². The van der Waals surface area contributed by atoms with Crippen molar-refractivity contribution in [3.63, 3.8) is 0 Å². The van der Waals surface area contributed by atoms with E-state index in [-0.39, 0.29) is 23.9 Å². The third-order valence-corrected chi connectivity index (χ3v) is 8.09. The summed E-state index contributed by atoms with van der Waals surface area (Å²) >= 11 is 0. The Balaban J connectivity index is 1.27. The van der Waals surface area contributed by atoms with Crippen LogP contribution in [0.5, 0.6) is 0 Å². The molecule has 166 valence electrons. The number of benzene rings is 1. The molecule has 1 aromatic carbocycles. The largest absolute Gasteiger partial charge is 0.349 e. The zero-order valence-electron chi connectivity index (χ0n) is 18.6. The van der Waals surface area contributed by atoms with E-state index in [1.54, 1.807) is 6.92 Å². The van der Waals surface area contributed by atoms with Gasteiger partial charge in [-0.2, -0.15) is 0 Å². The number of hydrogen-bond acceptors (Lipinski definition) is 3. The smallest absolute Gasteiger partial charge is 0.325 e. The maximum absolute atomic E-state index is 13.2. The topological polar surface area (TPSA) is 78.5 Å². The molecule has 1 aromatic rings. The lowest BCUT2D eigenvalue weighted by Gasteiger charge is -2.56. The van der Waals surface area contributed by atoms with E-state index in [0.29, 0.717) is 0 Å². The summed E-state index contributed by atoms with van der Waals surface area (Å²) < 4.78 is 0. The minimum absolute atomic E-state index is 0.122. The molecule has 6 rings (SSSR count). The maximum atomic E-state index is 13.2. The quantitative estimate of drug-likeness (QED) is 0.688. The fraction of sp³-hybridized carbons (Fsp3) is 0.640. The van der Waals surface area contributed by atoms with Gasteiger partial charge in [-0.25, -0.2) is 4.79 Å². The van der Waals surface area contributed by atoms with Gasteiger partial charge in [-0.15, -0.1) is 0 Å². The normalized spacial score (nSPS) is 36.1. The molecular weight excluding hydrogens is 390 g/mol. The molecule has 6 nitrogen and oxygen atoms in total. The highest BCUT2D eigenvalue weighted by molar-refractivity contribution is 6.09. The summed E-state index contributed by atoms with van der Waals surface area (Å²) in [4.78, 5) is 39.9. The van der Waals surface area contributed by atoms with Gasteiger partial charge in [-0.1, -0.05) is 37.6 Å². The van der Waals surface area contributed by atoms with Crippen LogP contribution >= 0.6 is 0 Å². The van der Waals surface area contributed by atoms with Crippen LogP contribution in [0.15, 0.2) is 24.3 Å². The Morgan fingerprint density at radius 2 is 1.65 bits per heavy atom. The van der Waals surface area contributed by atoms with E-state index in [9.17, 15) is 14.4 Å². The fourth-order valence-electron chi connectivity index (χ4n) is 7.07. The Kier molecular flexibility index (Phi) is 4.87. The standard InChI is InChI=1S/C25H33N3O3/c1-3-4-16-5-7-20(8-6-16)24(2)22(30)28(23(31)27-24)15-21(29)26-25-12-17-9-18(13-25)11-19(10-17)14-25/h5-8,17-19H,3-4,9-15H2,1-2H3,(H,26,29)(H,27,31)/t17?,18?,19?,24-,25?/m0/s1. The number of carbonyl (C=O) groups excluding carboxylic acids is 3. The van der Waals surface area contributed by atoms with E-state index in [2.05, 4.69) is 17.6 Å². The van der Waals surface area contributed by atoms with Crippen molar-refractivity contribution in [1.82, 2.24) is 15.5 Å². The first-order valence-corrected chi connectivity index (χ1v) is 11.8. The van der Waals surface area contributed by atoms with Gasteiger partial charge in [-0.3, -0.25) is 14.5 Å². The highest BCUT2D eigenvalue weighted by Gasteiger charge is 2.53. The lowest BCUT2D eigenvalue weighted by atomic mass is 9.53. The summed E-state index contributed by atoms with van der Waals surface area (Å²) in [5, 5.41) is 6.09. The van der Waals surface area contributed by atoms with E-state index in [0.717, 1.165) is 60.3 Å². The molecule has 4 bridgehead atoms. The van der Waals surface area contributed by atoms with Gasteiger partial charge in [0.25, 0.3) is 5.91 Å². The summed E-state index contributed by atoms with van der Waals surface area (Å²) in [6, 6.07) is 7.33. The van der Waals surface area contributed by atoms with Gasteiger partial charge < -0.3 is 10.6 Å². The van der Waals surface area contributed by atoms with Crippen molar-refractivity contribution in [3.05, 3.63) is 35.4 Å². The van der Waals surface area contributed by atoms with Crippen LogP contribution in [-0.2, 0) is 21.5 Å². The first kappa shape index (κ1) is 20.5. The van der Waals surface area contributed by atoms with Crippen molar-refractivity contribution >= 4 is 17.8 Å². The summed E-state index contributed by atoms with van der Waals surface area (Å²) in [6.45, 7) is 3.64. The number of hydrogen-bond donors (Lipinski definition) is 2. The molecule has 4 saturated carbocycles. The number of urea groups is 1. The summed E-state index contributed by atoms with van der Waals surface area (Å²) in [7, 11) is 0. The fourth-order valence-corrected chi connectivity index (χ4v) is 7.07. The molecule has 1 saturated heterocycles. The molecule has 1 heterocycles. The molecule has 31 heavy (non-hydrogen) atoms. The van der Waals surface area contributed by atoms with Crippen LogP contribution in [0.2, 0.25) is 0 Å². The Morgan fingerprint density at radius 1 is 1.06 bits per heavy atom. The lowest BCUT2D eigenvalue weighted by Crippen LogP contribution is -2.61. The first-order chi connectivity index (χ1) is 14.8. The minimum atomic E-state index is -1.14. The maximum Gasteiger partial charge on any atom is 0.325 e. The zero-order valence-corrected chi connectivity index (χ0v) is 18.6. The highest BCUT2D eigenvalue weighted by atomic mass is 16.2. The summed E-state index contributed by atoms with van der Waals surface area (Å²) in [5.41, 5.74) is 0.694. The summed E-state index contributed by atoms with van der Waals surface area (Å²) in [6.07, 6.45) is 9.09. The summed E-state index contributed by atoms with van der Waals surface area (Å²) in [5.74, 6) is 1.60. The monoisotopic (exact) mass is 423 g/mol. The van der Waals surface area contributed by atoms with Gasteiger partial charge in [0.15, 0.2) is 0 Å². The van der Waals surface area contributed by atoms with Crippen molar-refractivity contribution in [1.29, 1.82) is 0 Å². The van der Waals surface area contributed by atoms with Crippen LogP contribution in [0.25, 0.3) is 0 Å². The van der Waals surface area contributed by atoms with E-state index < -0.39 is 11.6 Å². The molecular formula is C25H33N3O3. The third-order valence-electron chi connectivity index (χ3n) is 8.09. The molecule has 5 aliphatic rings. The Morgan fingerprint density at radius 3 is 2.19 bits per heavy atom. The number of imide groups is 1. The SMILES string of the molecule is CCCc1ccc([C@]2(C)NC(=O)N(CC(=O)NC34CC5CC(CC(C5)C3)C4)C2=O)cc1. The molecule has 4 aliphatic carbocycles. The number of rotatable bonds is 6. The van der Waals surface area contributed by atoms with Gasteiger partial charge in [0, 0.05) is 5.54 Å². The molecule has 4 amide bonds. The predicted molar refractivity (Wildman–Crippen MR) is 117 cm³/mol. The van der Waals surface area contributed by atoms with Crippen molar-refractivity contribution in [2.45, 2.75) is 76.3 Å². The van der Waals surface area contributed by atoms with Crippen LogP contribution in [0.4, 0.5) is 4.79 Å². The molecule has 1 atom stereocenters. The van der Waals surface area contributed by atoms with Crippen molar-refractivity contribution in [3.8, 4) is 0 Å². The molecule has 0 unspecified atom stereocenters. The van der Waals surface area contributed by atoms with Crippen LogP contribution in [0.1, 0.15) is 69.9 Å². The van der Waals surface area contributed by atoms with Crippen molar-refractivity contribution < 1.29 is 14.4 Å². The number of amides is 4.